The fourth-order valence-electron chi connectivity index (χ4n) is 6.00. The Balaban J connectivity index is 1.55. The fourth-order valence-corrected chi connectivity index (χ4v) is 6.00. The van der Waals surface area contributed by atoms with Crippen molar-refractivity contribution in [1.29, 1.82) is 0 Å². The van der Waals surface area contributed by atoms with Crippen LogP contribution in [0, 0.1) is 17.7 Å². The molecule has 4 atom stereocenters. The minimum Gasteiger partial charge on any atom is -0.324 e. The summed E-state index contributed by atoms with van der Waals surface area (Å²) in [6, 6.07) is 12.6. The second-order valence-electron chi connectivity index (χ2n) is 8.16. The van der Waals surface area contributed by atoms with Gasteiger partial charge in [0.15, 0.2) is 0 Å². The zero-order valence-corrected chi connectivity index (χ0v) is 15.5. The van der Waals surface area contributed by atoms with Crippen molar-refractivity contribution in [1.82, 2.24) is 4.90 Å². The quantitative estimate of drug-likeness (QED) is 0.757. The molecule has 3 amide bonds. The molecule has 4 aliphatic rings. The third-order valence-electron chi connectivity index (χ3n) is 6.98. The van der Waals surface area contributed by atoms with Gasteiger partial charge in [-0.2, -0.15) is 0 Å². The van der Waals surface area contributed by atoms with E-state index < -0.39 is 23.2 Å². The first kappa shape index (κ1) is 16.9. The molecule has 6 nitrogen and oxygen atoms in total. The van der Waals surface area contributed by atoms with E-state index in [1.807, 2.05) is 24.3 Å². The molecule has 0 aliphatic carbocycles. The number of carbonyl (C=O) groups is 3. The van der Waals surface area contributed by atoms with E-state index in [4.69, 9.17) is 0 Å². The molecule has 3 fully saturated rings. The van der Waals surface area contributed by atoms with Crippen LogP contribution in [0.15, 0.2) is 48.5 Å². The molecule has 146 valence electrons. The maximum Gasteiger partial charge on any atom is 0.250 e. The summed E-state index contributed by atoms with van der Waals surface area (Å²) in [5, 5.41) is 2.94. The number of rotatable bonds is 1. The number of amides is 3. The number of carbonyl (C=O) groups excluding carboxylic acids is 3. The predicted molar refractivity (Wildman–Crippen MR) is 102 cm³/mol. The molecule has 0 aromatic heterocycles. The number of anilines is 2. The molecule has 1 N–H and O–H groups in total. The van der Waals surface area contributed by atoms with Crippen LogP contribution in [0.1, 0.15) is 18.4 Å². The van der Waals surface area contributed by atoms with Crippen molar-refractivity contribution in [2.24, 2.45) is 11.8 Å². The van der Waals surface area contributed by atoms with Gasteiger partial charge in [-0.3, -0.25) is 19.3 Å². The largest absolute Gasteiger partial charge is 0.324 e. The van der Waals surface area contributed by atoms with Crippen LogP contribution < -0.4 is 10.2 Å². The smallest absolute Gasteiger partial charge is 0.250 e. The zero-order valence-electron chi connectivity index (χ0n) is 15.5. The molecule has 0 bridgehead atoms. The molecule has 2 aromatic carbocycles. The SMILES string of the molecule is O=C1[C@@H]2[C@@H]3CCCN3[C@@]3(C(=O)Nc4ccccc43)[C@H]2C(=O)N1c1ccc(F)cc1. The maximum absolute atomic E-state index is 13.6. The Kier molecular flexibility index (Phi) is 3.20. The first-order valence-corrected chi connectivity index (χ1v) is 9.86. The van der Waals surface area contributed by atoms with Crippen molar-refractivity contribution in [3.05, 3.63) is 59.9 Å². The molecule has 0 unspecified atom stereocenters. The standard InChI is InChI=1S/C22H18FN3O3/c23-12-7-9-13(10-8-12)26-19(27)17-16-6-3-11-25(16)22(18(17)20(26)28)14-4-1-2-5-15(14)24-21(22)29/h1-2,4-5,7-10,16-18H,3,6,11H2,(H,24,29)/t16-,17+,18+,22+/m0/s1. The predicted octanol–water partition coefficient (Wildman–Crippen LogP) is 2.26. The van der Waals surface area contributed by atoms with Crippen LogP contribution in [0.4, 0.5) is 15.8 Å². The number of fused-ring (bicyclic) bond motifs is 7. The number of hydrogen-bond acceptors (Lipinski definition) is 4. The summed E-state index contributed by atoms with van der Waals surface area (Å²) in [7, 11) is 0. The minimum atomic E-state index is -1.16. The van der Waals surface area contributed by atoms with Gasteiger partial charge in [-0.15, -0.1) is 0 Å². The number of para-hydroxylation sites is 1. The van der Waals surface area contributed by atoms with E-state index in [0.717, 1.165) is 23.3 Å². The minimum absolute atomic E-state index is 0.154. The molecule has 1 spiro atoms. The Labute approximate surface area is 166 Å². The molecule has 0 saturated carbocycles. The number of nitrogens with one attached hydrogen (secondary N) is 1. The summed E-state index contributed by atoms with van der Waals surface area (Å²) in [4.78, 5) is 43.7. The van der Waals surface area contributed by atoms with E-state index >= 15 is 0 Å². The van der Waals surface area contributed by atoms with Gasteiger partial charge in [0.05, 0.1) is 17.5 Å². The lowest BCUT2D eigenvalue weighted by molar-refractivity contribution is -0.135. The lowest BCUT2D eigenvalue weighted by Gasteiger charge is -2.36. The highest BCUT2D eigenvalue weighted by molar-refractivity contribution is 6.25. The molecule has 6 rings (SSSR count). The van der Waals surface area contributed by atoms with Crippen LogP contribution in [0.5, 0.6) is 0 Å². The highest BCUT2D eigenvalue weighted by atomic mass is 19.1. The van der Waals surface area contributed by atoms with Crippen LogP contribution in [0.25, 0.3) is 0 Å². The Morgan fingerprint density at radius 3 is 2.55 bits per heavy atom. The second-order valence-corrected chi connectivity index (χ2v) is 8.16. The molecule has 29 heavy (non-hydrogen) atoms. The average molecular weight is 391 g/mol. The lowest BCUT2D eigenvalue weighted by Crippen LogP contribution is -2.54. The number of benzene rings is 2. The monoisotopic (exact) mass is 391 g/mol. The fraction of sp³-hybridized carbons (Fsp3) is 0.318. The Bertz CT molecular complexity index is 1080. The van der Waals surface area contributed by atoms with Crippen molar-refractivity contribution >= 4 is 29.1 Å². The van der Waals surface area contributed by atoms with Gasteiger partial charge < -0.3 is 5.32 Å². The molecular weight excluding hydrogens is 373 g/mol. The zero-order chi connectivity index (χ0) is 19.9. The molecule has 7 heteroatoms. The van der Waals surface area contributed by atoms with E-state index in [-0.39, 0.29) is 23.8 Å². The Morgan fingerprint density at radius 2 is 1.76 bits per heavy atom. The molecule has 0 radical (unpaired) electrons. The Morgan fingerprint density at radius 1 is 1.00 bits per heavy atom. The first-order chi connectivity index (χ1) is 14.0. The van der Waals surface area contributed by atoms with Gasteiger partial charge in [0.2, 0.25) is 17.7 Å². The van der Waals surface area contributed by atoms with E-state index in [1.54, 1.807) is 0 Å². The van der Waals surface area contributed by atoms with Gasteiger partial charge >= 0.3 is 0 Å². The molecule has 3 saturated heterocycles. The van der Waals surface area contributed by atoms with Crippen LogP contribution in [-0.2, 0) is 19.9 Å². The van der Waals surface area contributed by atoms with Gasteiger partial charge in [-0.1, -0.05) is 18.2 Å². The van der Waals surface area contributed by atoms with Crippen molar-refractivity contribution in [3.8, 4) is 0 Å². The van der Waals surface area contributed by atoms with Gasteiger partial charge in [-0.05, 0) is 49.7 Å². The van der Waals surface area contributed by atoms with Crippen LogP contribution >= 0.6 is 0 Å². The average Bonchev–Trinajstić information content (AvgIpc) is 3.41. The van der Waals surface area contributed by atoms with Gasteiger partial charge in [-0.25, -0.2) is 9.29 Å². The normalized spacial score (nSPS) is 32.7. The van der Waals surface area contributed by atoms with Crippen LogP contribution in [-0.4, -0.2) is 35.2 Å². The highest BCUT2D eigenvalue weighted by Gasteiger charge is 2.74. The van der Waals surface area contributed by atoms with Crippen molar-refractivity contribution in [2.45, 2.75) is 24.4 Å². The molecular formula is C22H18FN3O3. The van der Waals surface area contributed by atoms with Gasteiger partial charge in [0.25, 0.3) is 0 Å². The topological polar surface area (TPSA) is 69.7 Å². The van der Waals surface area contributed by atoms with E-state index in [0.29, 0.717) is 17.9 Å². The highest BCUT2D eigenvalue weighted by Crippen LogP contribution is 2.60. The van der Waals surface area contributed by atoms with E-state index in [9.17, 15) is 18.8 Å². The molecule has 4 aliphatic heterocycles. The van der Waals surface area contributed by atoms with Crippen molar-refractivity contribution in [3.63, 3.8) is 0 Å². The van der Waals surface area contributed by atoms with Crippen molar-refractivity contribution < 1.29 is 18.8 Å². The number of nitrogens with zero attached hydrogens (tertiary/aromatic N) is 2. The number of hydrogen-bond donors (Lipinski definition) is 1. The van der Waals surface area contributed by atoms with Gasteiger partial charge in [0.1, 0.15) is 11.4 Å². The summed E-state index contributed by atoms with van der Waals surface area (Å²) < 4.78 is 13.4. The van der Waals surface area contributed by atoms with Crippen LogP contribution in [0.2, 0.25) is 0 Å². The van der Waals surface area contributed by atoms with E-state index in [1.165, 1.54) is 24.3 Å². The van der Waals surface area contributed by atoms with Crippen molar-refractivity contribution in [2.75, 3.05) is 16.8 Å². The third kappa shape index (κ3) is 1.86. The lowest BCUT2D eigenvalue weighted by atomic mass is 9.75. The summed E-state index contributed by atoms with van der Waals surface area (Å²) in [6.07, 6.45) is 1.65. The molecule has 4 heterocycles. The first-order valence-electron chi connectivity index (χ1n) is 9.86. The number of halogens is 1. The summed E-state index contributed by atoms with van der Waals surface area (Å²) in [5.41, 5.74) is 0.655. The Hall–Kier alpha value is -3.06. The summed E-state index contributed by atoms with van der Waals surface area (Å²) in [6.45, 7) is 0.677. The summed E-state index contributed by atoms with van der Waals surface area (Å²) >= 11 is 0. The van der Waals surface area contributed by atoms with E-state index in [2.05, 4.69) is 10.2 Å². The third-order valence-corrected chi connectivity index (χ3v) is 6.98. The second kappa shape index (κ2) is 5.51. The molecule has 2 aromatic rings. The summed E-state index contributed by atoms with van der Waals surface area (Å²) in [5.74, 6) is -2.71. The van der Waals surface area contributed by atoms with Crippen LogP contribution in [0.3, 0.4) is 0 Å². The number of imide groups is 1. The van der Waals surface area contributed by atoms with Gasteiger partial charge in [0, 0.05) is 17.3 Å². The maximum atomic E-state index is 13.6.